The van der Waals surface area contributed by atoms with Gasteiger partial charge in [0.25, 0.3) is 0 Å². The van der Waals surface area contributed by atoms with E-state index in [2.05, 4.69) is 48.5 Å². The molecule has 0 spiro atoms. The van der Waals surface area contributed by atoms with Crippen LogP contribution >= 0.6 is 0 Å². The highest BCUT2D eigenvalue weighted by Crippen LogP contribution is 2.35. The summed E-state index contributed by atoms with van der Waals surface area (Å²) in [6.07, 6.45) is 1.10. The molecule has 0 saturated carbocycles. The van der Waals surface area contributed by atoms with Crippen LogP contribution in [-0.2, 0) is 6.42 Å². The molecular weight excluding hydrogens is 256 g/mol. The van der Waals surface area contributed by atoms with Gasteiger partial charge in [0.2, 0.25) is 0 Å². The molecule has 0 N–H and O–H groups in total. The molecule has 1 aliphatic carbocycles. The van der Waals surface area contributed by atoms with Crippen molar-refractivity contribution in [1.82, 2.24) is 0 Å². The molecule has 1 nitrogen and oxygen atoms in total. The maximum Gasteiger partial charge on any atom is 0.118 e. The zero-order valence-electron chi connectivity index (χ0n) is 12.1. The van der Waals surface area contributed by atoms with E-state index in [1.54, 1.807) is 7.11 Å². The lowest BCUT2D eigenvalue weighted by Gasteiger charge is -1.98. The predicted octanol–water partition coefficient (Wildman–Crippen LogP) is 4.95. The first-order valence-corrected chi connectivity index (χ1v) is 7.13. The van der Waals surface area contributed by atoms with Crippen LogP contribution in [0.4, 0.5) is 0 Å². The molecule has 0 heterocycles. The van der Waals surface area contributed by atoms with Crippen LogP contribution in [0.15, 0.2) is 78.9 Å². The number of methoxy groups -OCH3 is 1. The second-order valence-electron chi connectivity index (χ2n) is 5.01. The zero-order chi connectivity index (χ0) is 14.5. The highest BCUT2D eigenvalue weighted by Gasteiger charge is 2.15. The molecule has 0 unspecified atom stereocenters. The standard InChI is InChI=1S/C13H10.C7H8O/c1-3-7-12-10(5-1)9-11-6-2-4-8-13(11)12;1-8-7-5-3-2-4-6-7/h1-8H,9H2;2-6H,1H3. The van der Waals surface area contributed by atoms with Crippen LogP contribution < -0.4 is 4.74 Å². The number of fused-ring (bicyclic) bond motifs is 3. The monoisotopic (exact) mass is 274 g/mol. The van der Waals surface area contributed by atoms with E-state index in [0.29, 0.717) is 0 Å². The lowest BCUT2D eigenvalue weighted by atomic mass is 10.1. The van der Waals surface area contributed by atoms with E-state index in [9.17, 15) is 0 Å². The Hall–Kier alpha value is -2.54. The molecule has 104 valence electrons. The topological polar surface area (TPSA) is 9.23 Å². The Balaban J connectivity index is 0.000000143. The fourth-order valence-corrected chi connectivity index (χ4v) is 2.64. The summed E-state index contributed by atoms with van der Waals surface area (Å²) in [6, 6.07) is 27.0. The summed E-state index contributed by atoms with van der Waals surface area (Å²) < 4.78 is 4.91. The van der Waals surface area contributed by atoms with Gasteiger partial charge in [-0.2, -0.15) is 0 Å². The van der Waals surface area contributed by atoms with Gasteiger partial charge in [-0.05, 0) is 40.8 Å². The van der Waals surface area contributed by atoms with Gasteiger partial charge in [0.05, 0.1) is 7.11 Å². The first-order chi connectivity index (χ1) is 10.4. The number of hydrogen-bond donors (Lipinski definition) is 0. The first kappa shape index (κ1) is 13.4. The predicted molar refractivity (Wildman–Crippen MR) is 87.7 cm³/mol. The van der Waals surface area contributed by atoms with Gasteiger partial charge in [0.15, 0.2) is 0 Å². The van der Waals surface area contributed by atoms with Crippen LogP contribution in [0.1, 0.15) is 11.1 Å². The quantitative estimate of drug-likeness (QED) is 0.477. The van der Waals surface area contributed by atoms with Crippen molar-refractivity contribution in [2.45, 2.75) is 6.42 Å². The number of ether oxygens (including phenoxy) is 1. The van der Waals surface area contributed by atoms with Crippen molar-refractivity contribution >= 4 is 0 Å². The average molecular weight is 274 g/mol. The molecule has 21 heavy (non-hydrogen) atoms. The van der Waals surface area contributed by atoms with Crippen molar-refractivity contribution in [2.75, 3.05) is 7.11 Å². The lowest BCUT2D eigenvalue weighted by molar-refractivity contribution is 0.415. The molecule has 0 amide bonds. The first-order valence-electron chi connectivity index (χ1n) is 7.13. The molecule has 0 aromatic heterocycles. The van der Waals surface area contributed by atoms with Gasteiger partial charge in [-0.15, -0.1) is 0 Å². The largest absolute Gasteiger partial charge is 0.497 e. The minimum Gasteiger partial charge on any atom is -0.497 e. The third-order valence-corrected chi connectivity index (χ3v) is 3.68. The molecule has 4 rings (SSSR count). The fraction of sp³-hybridized carbons (Fsp3) is 0.100. The Morgan fingerprint density at radius 1 is 0.619 bits per heavy atom. The van der Waals surface area contributed by atoms with Gasteiger partial charge in [-0.1, -0.05) is 66.7 Å². The average Bonchev–Trinajstić information content (AvgIpc) is 2.95. The smallest absolute Gasteiger partial charge is 0.118 e. The number of rotatable bonds is 1. The molecular formula is C20H18O. The Morgan fingerprint density at radius 3 is 1.57 bits per heavy atom. The van der Waals surface area contributed by atoms with E-state index in [1.165, 1.54) is 22.3 Å². The van der Waals surface area contributed by atoms with Gasteiger partial charge < -0.3 is 4.74 Å². The molecule has 1 aliphatic rings. The molecule has 3 aromatic rings. The SMILES string of the molecule is COc1ccccc1.c1ccc2c(c1)Cc1ccccc1-2. The number of hydrogen-bond acceptors (Lipinski definition) is 1. The molecule has 0 aliphatic heterocycles. The summed E-state index contributed by atoms with van der Waals surface area (Å²) in [5, 5.41) is 0. The van der Waals surface area contributed by atoms with Crippen molar-refractivity contribution < 1.29 is 4.74 Å². The Labute approximate surface area is 125 Å². The maximum absolute atomic E-state index is 4.91. The second-order valence-corrected chi connectivity index (χ2v) is 5.01. The van der Waals surface area contributed by atoms with Crippen LogP contribution in [0.3, 0.4) is 0 Å². The van der Waals surface area contributed by atoms with Crippen LogP contribution in [0, 0.1) is 0 Å². The van der Waals surface area contributed by atoms with Crippen LogP contribution in [-0.4, -0.2) is 7.11 Å². The Bertz CT molecular complexity index is 673. The molecule has 1 heteroatoms. The zero-order valence-corrected chi connectivity index (χ0v) is 12.1. The molecule has 0 fully saturated rings. The van der Waals surface area contributed by atoms with Gasteiger partial charge in [-0.3, -0.25) is 0 Å². The number of benzene rings is 3. The van der Waals surface area contributed by atoms with Gasteiger partial charge in [-0.25, -0.2) is 0 Å². The van der Waals surface area contributed by atoms with E-state index in [-0.39, 0.29) is 0 Å². The highest BCUT2D eigenvalue weighted by atomic mass is 16.5. The minimum atomic E-state index is 0.910. The van der Waals surface area contributed by atoms with Gasteiger partial charge in [0.1, 0.15) is 5.75 Å². The molecule has 0 saturated heterocycles. The van der Waals surface area contributed by atoms with E-state index in [1.807, 2.05) is 30.3 Å². The third-order valence-electron chi connectivity index (χ3n) is 3.68. The summed E-state index contributed by atoms with van der Waals surface area (Å²) in [6.45, 7) is 0. The summed E-state index contributed by atoms with van der Waals surface area (Å²) in [7, 11) is 1.66. The molecule has 0 atom stereocenters. The van der Waals surface area contributed by atoms with Crippen LogP contribution in [0.5, 0.6) is 5.75 Å². The summed E-state index contributed by atoms with van der Waals surface area (Å²) in [5.74, 6) is 0.910. The molecule has 3 aromatic carbocycles. The van der Waals surface area contributed by atoms with Gasteiger partial charge >= 0.3 is 0 Å². The number of para-hydroxylation sites is 1. The highest BCUT2D eigenvalue weighted by molar-refractivity contribution is 5.76. The van der Waals surface area contributed by atoms with Crippen molar-refractivity contribution in [3.05, 3.63) is 90.0 Å². The Kier molecular flexibility index (Phi) is 4.02. The second kappa shape index (κ2) is 6.27. The van der Waals surface area contributed by atoms with E-state index < -0.39 is 0 Å². The minimum absolute atomic E-state index is 0.910. The van der Waals surface area contributed by atoms with Crippen molar-refractivity contribution in [3.63, 3.8) is 0 Å². The van der Waals surface area contributed by atoms with Crippen molar-refractivity contribution in [1.29, 1.82) is 0 Å². The normalized spacial score (nSPS) is 10.9. The third kappa shape index (κ3) is 2.97. The van der Waals surface area contributed by atoms with Crippen LogP contribution in [0.2, 0.25) is 0 Å². The summed E-state index contributed by atoms with van der Waals surface area (Å²) >= 11 is 0. The summed E-state index contributed by atoms with van der Waals surface area (Å²) in [5.41, 5.74) is 5.75. The molecule has 0 bridgehead atoms. The van der Waals surface area contributed by atoms with Crippen LogP contribution in [0.25, 0.3) is 11.1 Å². The van der Waals surface area contributed by atoms with E-state index >= 15 is 0 Å². The maximum atomic E-state index is 4.91. The van der Waals surface area contributed by atoms with Crippen molar-refractivity contribution in [2.24, 2.45) is 0 Å². The van der Waals surface area contributed by atoms with Gasteiger partial charge in [0, 0.05) is 0 Å². The fourth-order valence-electron chi connectivity index (χ4n) is 2.64. The lowest BCUT2D eigenvalue weighted by Crippen LogP contribution is -1.78. The van der Waals surface area contributed by atoms with E-state index in [4.69, 9.17) is 4.74 Å². The van der Waals surface area contributed by atoms with E-state index in [0.717, 1.165) is 12.2 Å². The Morgan fingerprint density at radius 2 is 1.10 bits per heavy atom. The molecule has 0 radical (unpaired) electrons. The van der Waals surface area contributed by atoms with Crippen molar-refractivity contribution in [3.8, 4) is 16.9 Å². The summed E-state index contributed by atoms with van der Waals surface area (Å²) in [4.78, 5) is 0.